The highest BCUT2D eigenvalue weighted by atomic mass is 16.5. The van der Waals surface area contributed by atoms with E-state index in [2.05, 4.69) is 31.0 Å². The molecule has 18 heavy (non-hydrogen) atoms. The molecule has 0 aliphatic heterocycles. The zero-order valence-corrected chi connectivity index (χ0v) is 11.8. The van der Waals surface area contributed by atoms with Gasteiger partial charge in [-0.15, -0.1) is 0 Å². The monoisotopic (exact) mass is 252 g/mol. The van der Waals surface area contributed by atoms with Crippen molar-refractivity contribution in [3.05, 3.63) is 29.3 Å². The third-order valence-electron chi connectivity index (χ3n) is 3.16. The Morgan fingerprint density at radius 2 is 2.06 bits per heavy atom. The van der Waals surface area contributed by atoms with E-state index in [4.69, 9.17) is 15.2 Å². The minimum absolute atomic E-state index is 0.384. The Morgan fingerprint density at radius 3 is 2.61 bits per heavy atom. The maximum atomic E-state index is 5.66. The second-order valence-electron chi connectivity index (χ2n) is 4.57. The summed E-state index contributed by atoms with van der Waals surface area (Å²) in [5.74, 6) is 0.864. The molecule has 1 aromatic rings. The van der Waals surface area contributed by atoms with Crippen LogP contribution in [0.5, 0.6) is 5.75 Å². The van der Waals surface area contributed by atoms with E-state index in [9.17, 15) is 0 Å². The summed E-state index contributed by atoms with van der Waals surface area (Å²) >= 11 is 0. The topological polar surface area (TPSA) is 47.7 Å². The largest absolute Gasteiger partial charge is 0.496 e. The molecule has 0 aromatic heterocycles. The average Bonchev–Trinajstić information content (AvgIpc) is 2.38. The number of methoxy groups -OCH3 is 2. The van der Waals surface area contributed by atoms with E-state index in [1.807, 2.05) is 6.07 Å². The number of nitrogens with two attached hydrogens (primary N) is 1. The van der Waals surface area contributed by atoms with Gasteiger partial charge in [0.1, 0.15) is 5.75 Å². The Labute approximate surface area is 110 Å². The summed E-state index contributed by atoms with van der Waals surface area (Å²) in [5, 5.41) is 0. The molecular formula is C14H24N2O2. The summed E-state index contributed by atoms with van der Waals surface area (Å²) in [7, 11) is 5.49. The molecule has 0 spiro atoms. The predicted octanol–water partition coefficient (Wildman–Crippen LogP) is 1.62. The molecule has 0 amide bonds. The van der Waals surface area contributed by atoms with Gasteiger partial charge in [0, 0.05) is 31.8 Å². The Morgan fingerprint density at radius 1 is 1.33 bits per heavy atom. The van der Waals surface area contributed by atoms with Gasteiger partial charge in [-0.3, -0.25) is 4.90 Å². The van der Waals surface area contributed by atoms with Gasteiger partial charge < -0.3 is 15.2 Å². The Bertz CT molecular complexity index is 369. The van der Waals surface area contributed by atoms with Crippen molar-refractivity contribution in [3.8, 4) is 5.75 Å². The summed E-state index contributed by atoms with van der Waals surface area (Å²) in [6.07, 6.45) is 0. The Kier molecular flexibility index (Phi) is 6.12. The van der Waals surface area contributed by atoms with E-state index in [1.54, 1.807) is 14.2 Å². The maximum absolute atomic E-state index is 5.66. The van der Waals surface area contributed by atoms with Crippen LogP contribution in [0.3, 0.4) is 0 Å². The number of nitrogens with zero attached hydrogens (tertiary/aromatic N) is 1. The zero-order chi connectivity index (χ0) is 13.5. The molecule has 1 aromatic carbocycles. The van der Waals surface area contributed by atoms with Crippen LogP contribution >= 0.6 is 0 Å². The molecule has 1 rings (SSSR count). The lowest BCUT2D eigenvalue weighted by Crippen LogP contribution is -2.32. The quantitative estimate of drug-likeness (QED) is 0.801. The molecule has 102 valence electrons. The molecule has 0 aliphatic carbocycles. The van der Waals surface area contributed by atoms with Gasteiger partial charge in [-0.05, 0) is 25.6 Å². The highest BCUT2D eigenvalue weighted by molar-refractivity contribution is 5.37. The second-order valence-corrected chi connectivity index (χ2v) is 4.57. The van der Waals surface area contributed by atoms with Gasteiger partial charge in [-0.25, -0.2) is 0 Å². The van der Waals surface area contributed by atoms with Crippen LogP contribution in [0.15, 0.2) is 18.2 Å². The second kappa shape index (κ2) is 7.36. The van der Waals surface area contributed by atoms with Crippen molar-refractivity contribution >= 4 is 0 Å². The van der Waals surface area contributed by atoms with Crippen LogP contribution in [-0.4, -0.2) is 38.8 Å². The van der Waals surface area contributed by atoms with Crippen molar-refractivity contribution in [2.75, 3.05) is 27.9 Å². The number of benzene rings is 1. The van der Waals surface area contributed by atoms with E-state index >= 15 is 0 Å². The molecule has 2 N–H and O–H groups in total. The van der Waals surface area contributed by atoms with Crippen LogP contribution < -0.4 is 10.5 Å². The first-order valence-electron chi connectivity index (χ1n) is 6.17. The zero-order valence-electron chi connectivity index (χ0n) is 11.8. The van der Waals surface area contributed by atoms with Gasteiger partial charge in [0.25, 0.3) is 0 Å². The molecule has 0 fully saturated rings. The third-order valence-corrected chi connectivity index (χ3v) is 3.16. The first-order valence-corrected chi connectivity index (χ1v) is 6.17. The van der Waals surface area contributed by atoms with Gasteiger partial charge in [-0.1, -0.05) is 12.1 Å². The summed E-state index contributed by atoms with van der Waals surface area (Å²) in [5.41, 5.74) is 7.91. The Balaban J connectivity index is 2.72. The smallest absolute Gasteiger partial charge is 0.123 e. The number of rotatable bonds is 7. The van der Waals surface area contributed by atoms with E-state index in [0.717, 1.165) is 24.5 Å². The molecule has 0 radical (unpaired) electrons. The predicted molar refractivity (Wildman–Crippen MR) is 73.7 cm³/mol. The lowest BCUT2D eigenvalue weighted by Gasteiger charge is -2.24. The highest BCUT2D eigenvalue weighted by Gasteiger charge is 2.10. The fourth-order valence-corrected chi connectivity index (χ4v) is 1.87. The van der Waals surface area contributed by atoms with Crippen LogP contribution in [0.25, 0.3) is 0 Å². The number of hydrogen-bond donors (Lipinski definition) is 1. The first kappa shape index (κ1) is 15.0. The van der Waals surface area contributed by atoms with Gasteiger partial charge >= 0.3 is 0 Å². The molecule has 4 heteroatoms. The van der Waals surface area contributed by atoms with Gasteiger partial charge in [0.05, 0.1) is 13.7 Å². The van der Waals surface area contributed by atoms with Gasteiger partial charge in [0.2, 0.25) is 0 Å². The van der Waals surface area contributed by atoms with Crippen LogP contribution in [0.1, 0.15) is 18.1 Å². The first-order chi connectivity index (χ1) is 8.62. The summed E-state index contributed by atoms with van der Waals surface area (Å²) in [6.45, 7) is 4.24. The van der Waals surface area contributed by atoms with Crippen LogP contribution in [0.2, 0.25) is 0 Å². The van der Waals surface area contributed by atoms with Crippen molar-refractivity contribution in [3.63, 3.8) is 0 Å². The lowest BCUT2D eigenvalue weighted by atomic mass is 10.1. The standard InChI is InChI=1S/C14H24N2O2/c1-11(10-17-3)16(2)9-12-5-6-13(8-15)14(7-12)18-4/h5-7,11H,8-10,15H2,1-4H3. The van der Waals surface area contributed by atoms with E-state index in [1.165, 1.54) is 5.56 Å². The average molecular weight is 252 g/mol. The van der Waals surface area contributed by atoms with Crippen molar-refractivity contribution in [1.29, 1.82) is 0 Å². The molecule has 0 heterocycles. The van der Waals surface area contributed by atoms with Crippen molar-refractivity contribution in [1.82, 2.24) is 4.90 Å². The highest BCUT2D eigenvalue weighted by Crippen LogP contribution is 2.20. The lowest BCUT2D eigenvalue weighted by molar-refractivity contribution is 0.112. The summed E-state index contributed by atoms with van der Waals surface area (Å²) < 4.78 is 10.5. The fourth-order valence-electron chi connectivity index (χ4n) is 1.87. The van der Waals surface area contributed by atoms with Crippen molar-refractivity contribution in [2.24, 2.45) is 5.73 Å². The normalized spacial score (nSPS) is 12.8. The number of ether oxygens (including phenoxy) is 2. The van der Waals surface area contributed by atoms with Crippen molar-refractivity contribution < 1.29 is 9.47 Å². The molecule has 1 atom stereocenters. The third kappa shape index (κ3) is 3.98. The number of hydrogen-bond acceptors (Lipinski definition) is 4. The SMILES string of the molecule is COCC(C)N(C)Cc1ccc(CN)c(OC)c1. The van der Waals surface area contributed by atoms with Crippen LogP contribution in [0, 0.1) is 0 Å². The van der Waals surface area contributed by atoms with Gasteiger partial charge in [0.15, 0.2) is 0 Å². The van der Waals surface area contributed by atoms with Gasteiger partial charge in [-0.2, -0.15) is 0 Å². The molecule has 4 nitrogen and oxygen atoms in total. The van der Waals surface area contributed by atoms with Crippen molar-refractivity contribution in [2.45, 2.75) is 26.1 Å². The summed E-state index contributed by atoms with van der Waals surface area (Å²) in [4.78, 5) is 2.25. The molecule has 0 saturated carbocycles. The fraction of sp³-hybridized carbons (Fsp3) is 0.571. The Hall–Kier alpha value is -1.10. The van der Waals surface area contributed by atoms with E-state index in [0.29, 0.717) is 12.6 Å². The van der Waals surface area contributed by atoms with E-state index in [-0.39, 0.29) is 0 Å². The van der Waals surface area contributed by atoms with E-state index < -0.39 is 0 Å². The maximum Gasteiger partial charge on any atom is 0.123 e. The van der Waals surface area contributed by atoms with Crippen LogP contribution in [0.4, 0.5) is 0 Å². The number of likely N-dealkylation sites (N-methyl/N-ethyl adjacent to an activating group) is 1. The molecule has 0 aliphatic rings. The van der Waals surface area contributed by atoms with Crippen LogP contribution in [-0.2, 0) is 17.8 Å². The molecule has 0 bridgehead atoms. The minimum atomic E-state index is 0.384. The molecular weight excluding hydrogens is 228 g/mol. The minimum Gasteiger partial charge on any atom is -0.496 e. The molecule has 0 saturated heterocycles. The summed E-state index contributed by atoms with van der Waals surface area (Å²) in [6, 6.07) is 6.57. The molecule has 1 unspecified atom stereocenters.